The summed E-state index contributed by atoms with van der Waals surface area (Å²) in [5, 5.41) is 4.37. The molecule has 0 fully saturated rings. The molecule has 1 heterocycles. The van der Waals surface area contributed by atoms with E-state index in [0.29, 0.717) is 12.2 Å². The van der Waals surface area contributed by atoms with Crippen molar-refractivity contribution in [3.63, 3.8) is 0 Å². The Morgan fingerprint density at radius 2 is 2.24 bits per heavy atom. The van der Waals surface area contributed by atoms with Crippen molar-refractivity contribution in [2.75, 3.05) is 18.4 Å². The van der Waals surface area contributed by atoms with Crippen LogP contribution in [0.25, 0.3) is 0 Å². The van der Waals surface area contributed by atoms with Gasteiger partial charge in [0, 0.05) is 18.8 Å². The van der Waals surface area contributed by atoms with Crippen molar-refractivity contribution in [2.45, 2.75) is 6.42 Å². The molecule has 2 N–H and O–H groups in total. The minimum absolute atomic E-state index is 0.356. The van der Waals surface area contributed by atoms with Gasteiger partial charge in [-0.15, -0.1) is 0 Å². The zero-order valence-corrected chi connectivity index (χ0v) is 9.32. The lowest BCUT2D eigenvalue weighted by Crippen LogP contribution is -2.45. The third-order valence-electron chi connectivity index (χ3n) is 2.40. The largest absolute Gasteiger partial charge is 0.333 e. The van der Waals surface area contributed by atoms with Gasteiger partial charge in [-0.2, -0.15) is 0 Å². The zero-order chi connectivity index (χ0) is 12.1. The average Bonchev–Trinajstić information content (AvgIpc) is 2.30. The Morgan fingerprint density at radius 1 is 1.35 bits per heavy atom. The highest BCUT2D eigenvalue weighted by Crippen LogP contribution is 2.08. The number of hydrogen-bond acceptors (Lipinski definition) is 2. The molecular formula is C12H14FN3O. The molecule has 1 aromatic carbocycles. The highest BCUT2D eigenvalue weighted by molar-refractivity contribution is 5.88. The predicted molar refractivity (Wildman–Crippen MR) is 63.9 cm³/mol. The number of nitrogens with one attached hydrogen (secondary N) is 2. The van der Waals surface area contributed by atoms with Crippen LogP contribution in [-0.2, 0) is 0 Å². The number of halogens is 1. The second-order valence-corrected chi connectivity index (χ2v) is 3.78. The number of urea groups is 1. The van der Waals surface area contributed by atoms with Gasteiger partial charge in [0.15, 0.2) is 0 Å². The van der Waals surface area contributed by atoms with Gasteiger partial charge in [-0.05, 0) is 24.6 Å². The van der Waals surface area contributed by atoms with Crippen molar-refractivity contribution in [3.05, 3.63) is 42.2 Å². The van der Waals surface area contributed by atoms with E-state index in [-0.39, 0.29) is 11.8 Å². The van der Waals surface area contributed by atoms with Crippen LogP contribution in [0, 0.1) is 5.82 Å². The summed E-state index contributed by atoms with van der Waals surface area (Å²) in [6, 6.07) is 5.44. The lowest BCUT2D eigenvalue weighted by atomic mass is 10.3. The summed E-state index contributed by atoms with van der Waals surface area (Å²) in [4.78, 5) is 11.6. The number of hydrazine groups is 1. The standard InChI is InChI=1S/C12H14FN3O/c13-10-5-4-6-11(9-10)14-12(17)15-16-7-2-1-3-8-16/h1-2,4-6,9H,3,7-8H2,(H2,14,15,17). The van der Waals surface area contributed by atoms with Gasteiger partial charge >= 0.3 is 6.03 Å². The van der Waals surface area contributed by atoms with Crippen LogP contribution >= 0.6 is 0 Å². The number of benzene rings is 1. The van der Waals surface area contributed by atoms with Gasteiger partial charge in [0.25, 0.3) is 0 Å². The maximum atomic E-state index is 12.9. The van der Waals surface area contributed by atoms with E-state index in [1.54, 1.807) is 17.1 Å². The van der Waals surface area contributed by atoms with E-state index >= 15 is 0 Å². The Labute approximate surface area is 99.1 Å². The molecule has 0 saturated carbocycles. The summed E-state index contributed by atoms with van der Waals surface area (Å²) in [6.45, 7) is 1.48. The third kappa shape index (κ3) is 3.57. The number of hydrogen-bond donors (Lipinski definition) is 2. The van der Waals surface area contributed by atoms with Crippen LogP contribution < -0.4 is 10.7 Å². The number of carbonyl (C=O) groups excluding carboxylic acids is 1. The van der Waals surface area contributed by atoms with Gasteiger partial charge in [0.1, 0.15) is 5.82 Å². The van der Waals surface area contributed by atoms with Crippen LogP contribution in [-0.4, -0.2) is 24.1 Å². The number of nitrogens with zero attached hydrogens (tertiary/aromatic N) is 1. The van der Waals surface area contributed by atoms with E-state index in [9.17, 15) is 9.18 Å². The first kappa shape index (κ1) is 11.6. The van der Waals surface area contributed by atoms with Crippen molar-refractivity contribution >= 4 is 11.7 Å². The van der Waals surface area contributed by atoms with E-state index in [4.69, 9.17) is 0 Å². The molecule has 0 radical (unpaired) electrons. The molecule has 4 nitrogen and oxygen atoms in total. The monoisotopic (exact) mass is 235 g/mol. The molecule has 0 bridgehead atoms. The number of amides is 2. The zero-order valence-electron chi connectivity index (χ0n) is 9.32. The Morgan fingerprint density at radius 3 is 2.94 bits per heavy atom. The van der Waals surface area contributed by atoms with Gasteiger partial charge in [0.2, 0.25) is 0 Å². The Hall–Kier alpha value is -1.88. The van der Waals surface area contributed by atoms with Crippen LogP contribution in [0.3, 0.4) is 0 Å². The molecule has 0 saturated heterocycles. The third-order valence-corrected chi connectivity index (χ3v) is 2.40. The normalized spacial score (nSPS) is 15.6. The van der Waals surface area contributed by atoms with E-state index in [1.165, 1.54) is 12.1 Å². The van der Waals surface area contributed by atoms with Gasteiger partial charge in [-0.3, -0.25) is 5.43 Å². The van der Waals surface area contributed by atoms with E-state index in [1.807, 2.05) is 6.08 Å². The average molecular weight is 235 g/mol. The maximum Gasteiger partial charge on any atom is 0.333 e. The minimum Gasteiger partial charge on any atom is -0.307 e. The van der Waals surface area contributed by atoms with Crippen LogP contribution in [0.15, 0.2) is 36.4 Å². The van der Waals surface area contributed by atoms with Crippen molar-refractivity contribution in [1.82, 2.24) is 10.4 Å². The van der Waals surface area contributed by atoms with Crippen LogP contribution in [0.2, 0.25) is 0 Å². The molecule has 17 heavy (non-hydrogen) atoms. The SMILES string of the molecule is O=C(Nc1cccc(F)c1)NN1CC=CCC1. The summed E-state index contributed by atoms with van der Waals surface area (Å²) in [7, 11) is 0. The molecule has 1 aliphatic rings. The Kier molecular flexibility index (Phi) is 3.72. The Bertz CT molecular complexity index is 434. The lowest BCUT2D eigenvalue weighted by Gasteiger charge is -2.23. The summed E-state index contributed by atoms with van der Waals surface area (Å²) < 4.78 is 12.9. The van der Waals surface area contributed by atoms with Crippen LogP contribution in [0.1, 0.15) is 6.42 Å². The first-order valence-corrected chi connectivity index (χ1v) is 5.47. The number of carbonyl (C=O) groups is 1. The van der Waals surface area contributed by atoms with Gasteiger partial charge < -0.3 is 5.32 Å². The molecule has 0 atom stereocenters. The fourth-order valence-electron chi connectivity index (χ4n) is 1.61. The predicted octanol–water partition coefficient (Wildman–Crippen LogP) is 2.12. The molecule has 5 heteroatoms. The highest BCUT2D eigenvalue weighted by atomic mass is 19.1. The first-order valence-electron chi connectivity index (χ1n) is 5.47. The van der Waals surface area contributed by atoms with Gasteiger partial charge in [-0.1, -0.05) is 18.2 Å². The number of rotatable bonds is 2. The molecule has 1 aromatic rings. The highest BCUT2D eigenvalue weighted by Gasteiger charge is 2.09. The maximum absolute atomic E-state index is 12.9. The summed E-state index contributed by atoms with van der Waals surface area (Å²) in [6.07, 6.45) is 4.98. The van der Waals surface area contributed by atoms with Crippen molar-refractivity contribution in [2.24, 2.45) is 0 Å². The quantitative estimate of drug-likeness (QED) is 0.771. The molecular weight excluding hydrogens is 221 g/mol. The minimum atomic E-state index is -0.372. The summed E-state index contributed by atoms with van der Waals surface area (Å²) in [5.41, 5.74) is 3.14. The van der Waals surface area contributed by atoms with Crippen molar-refractivity contribution in [3.8, 4) is 0 Å². The topological polar surface area (TPSA) is 44.4 Å². The molecule has 2 amide bonds. The van der Waals surface area contributed by atoms with E-state index in [2.05, 4.69) is 16.8 Å². The fraction of sp³-hybridized carbons (Fsp3) is 0.250. The Balaban J connectivity index is 1.86. The van der Waals surface area contributed by atoms with Crippen molar-refractivity contribution in [1.29, 1.82) is 0 Å². The molecule has 1 aliphatic heterocycles. The van der Waals surface area contributed by atoms with Gasteiger partial charge in [-0.25, -0.2) is 14.2 Å². The lowest BCUT2D eigenvalue weighted by molar-refractivity contribution is 0.196. The molecule has 0 aliphatic carbocycles. The molecule has 0 aromatic heterocycles. The molecule has 2 rings (SSSR count). The smallest absolute Gasteiger partial charge is 0.307 e. The molecule has 0 spiro atoms. The number of anilines is 1. The van der Waals surface area contributed by atoms with E-state index < -0.39 is 0 Å². The summed E-state index contributed by atoms with van der Waals surface area (Å²) in [5.74, 6) is -0.372. The van der Waals surface area contributed by atoms with Crippen LogP contribution in [0.5, 0.6) is 0 Å². The van der Waals surface area contributed by atoms with Gasteiger partial charge in [0.05, 0.1) is 0 Å². The second kappa shape index (κ2) is 5.45. The fourth-order valence-corrected chi connectivity index (χ4v) is 1.61. The second-order valence-electron chi connectivity index (χ2n) is 3.78. The van der Waals surface area contributed by atoms with Crippen molar-refractivity contribution < 1.29 is 9.18 Å². The van der Waals surface area contributed by atoms with Crippen LogP contribution in [0.4, 0.5) is 14.9 Å². The first-order chi connectivity index (χ1) is 8.24. The van der Waals surface area contributed by atoms with E-state index in [0.717, 1.165) is 13.0 Å². The molecule has 90 valence electrons. The summed E-state index contributed by atoms with van der Waals surface area (Å²) >= 11 is 0. The molecule has 0 unspecified atom stereocenters.